The highest BCUT2D eigenvalue weighted by atomic mass is 15.0. The summed E-state index contributed by atoms with van der Waals surface area (Å²) < 4.78 is 0. The van der Waals surface area contributed by atoms with Gasteiger partial charge in [-0.3, -0.25) is 4.98 Å². The molecular weight excluding hydrogens is 262 g/mol. The highest BCUT2D eigenvalue weighted by Crippen LogP contribution is 2.41. The van der Waals surface area contributed by atoms with E-state index in [2.05, 4.69) is 34.1 Å². The molecule has 110 valence electrons. The van der Waals surface area contributed by atoms with Crippen LogP contribution < -0.4 is 11.1 Å². The van der Waals surface area contributed by atoms with E-state index in [9.17, 15) is 0 Å². The molecule has 3 N–H and O–H groups in total. The summed E-state index contributed by atoms with van der Waals surface area (Å²) >= 11 is 0. The molecule has 5 nitrogen and oxygen atoms in total. The molecule has 1 aliphatic rings. The van der Waals surface area contributed by atoms with Crippen LogP contribution >= 0.6 is 0 Å². The zero-order valence-corrected chi connectivity index (χ0v) is 12.5. The molecule has 0 aliphatic heterocycles. The minimum Gasteiger partial charge on any atom is -0.370 e. The Balaban J connectivity index is 1.78. The van der Waals surface area contributed by atoms with Gasteiger partial charge in [0.2, 0.25) is 0 Å². The molecule has 2 heterocycles. The first kappa shape index (κ1) is 13.9. The maximum absolute atomic E-state index is 6.15. The van der Waals surface area contributed by atoms with Crippen LogP contribution in [0, 0.1) is 5.92 Å². The quantitative estimate of drug-likeness (QED) is 0.882. The molecule has 3 rings (SSSR count). The standard InChI is InChI=1S/C16H21N5/c1-11(2)8-19-15-7-13(20-10-21-15)12-3-4-14(18-9-12)16(17)5-6-16/h3-4,7,9-11H,5-6,8,17H2,1-2H3,(H,19,20,21). The van der Waals surface area contributed by atoms with E-state index in [0.717, 1.165) is 42.2 Å². The maximum atomic E-state index is 6.15. The van der Waals surface area contributed by atoms with Crippen molar-refractivity contribution < 1.29 is 0 Å². The van der Waals surface area contributed by atoms with E-state index in [1.165, 1.54) is 0 Å². The lowest BCUT2D eigenvalue weighted by Gasteiger charge is -2.10. The number of hydrogen-bond donors (Lipinski definition) is 2. The largest absolute Gasteiger partial charge is 0.370 e. The van der Waals surface area contributed by atoms with Gasteiger partial charge in [-0.1, -0.05) is 13.8 Å². The van der Waals surface area contributed by atoms with Gasteiger partial charge in [0.1, 0.15) is 12.1 Å². The van der Waals surface area contributed by atoms with Crippen molar-refractivity contribution in [3.63, 3.8) is 0 Å². The highest BCUT2D eigenvalue weighted by molar-refractivity contribution is 5.61. The summed E-state index contributed by atoms with van der Waals surface area (Å²) in [7, 11) is 0. The molecule has 2 aromatic rings. The number of rotatable bonds is 5. The first-order valence-electron chi connectivity index (χ1n) is 7.38. The molecule has 0 spiro atoms. The predicted octanol–water partition coefficient (Wildman–Crippen LogP) is 2.55. The third kappa shape index (κ3) is 3.19. The first-order chi connectivity index (χ1) is 10.1. The van der Waals surface area contributed by atoms with Gasteiger partial charge in [0.15, 0.2) is 0 Å². The number of anilines is 1. The molecule has 0 amide bonds. The molecule has 2 aromatic heterocycles. The Morgan fingerprint density at radius 3 is 2.67 bits per heavy atom. The van der Waals surface area contributed by atoms with Gasteiger partial charge in [-0.05, 0) is 30.9 Å². The van der Waals surface area contributed by atoms with Crippen molar-refractivity contribution in [2.75, 3.05) is 11.9 Å². The maximum Gasteiger partial charge on any atom is 0.129 e. The molecule has 0 unspecified atom stereocenters. The van der Waals surface area contributed by atoms with Gasteiger partial charge in [-0.25, -0.2) is 9.97 Å². The van der Waals surface area contributed by atoms with Crippen LogP contribution in [0.3, 0.4) is 0 Å². The van der Waals surface area contributed by atoms with E-state index in [1.807, 2.05) is 24.4 Å². The molecule has 21 heavy (non-hydrogen) atoms. The third-order valence-electron chi connectivity index (χ3n) is 3.72. The zero-order valence-electron chi connectivity index (χ0n) is 12.5. The van der Waals surface area contributed by atoms with Crippen LogP contribution in [-0.4, -0.2) is 21.5 Å². The van der Waals surface area contributed by atoms with Gasteiger partial charge in [0.05, 0.1) is 16.9 Å². The molecule has 0 bridgehead atoms. The lowest BCUT2D eigenvalue weighted by atomic mass is 10.1. The first-order valence-corrected chi connectivity index (χ1v) is 7.38. The number of nitrogens with one attached hydrogen (secondary N) is 1. The molecule has 0 aromatic carbocycles. The molecule has 1 saturated carbocycles. The number of nitrogens with zero attached hydrogens (tertiary/aromatic N) is 3. The van der Waals surface area contributed by atoms with Gasteiger partial charge in [-0.2, -0.15) is 0 Å². The van der Waals surface area contributed by atoms with Crippen molar-refractivity contribution in [3.05, 3.63) is 36.4 Å². The highest BCUT2D eigenvalue weighted by Gasteiger charge is 2.41. The molecule has 0 saturated heterocycles. The minimum atomic E-state index is -0.186. The third-order valence-corrected chi connectivity index (χ3v) is 3.72. The molecular formula is C16H21N5. The fourth-order valence-corrected chi connectivity index (χ4v) is 2.15. The van der Waals surface area contributed by atoms with Crippen molar-refractivity contribution in [1.82, 2.24) is 15.0 Å². The summed E-state index contributed by atoms with van der Waals surface area (Å²) in [5, 5.41) is 3.31. The Hall–Kier alpha value is -2.01. The topological polar surface area (TPSA) is 76.7 Å². The average molecular weight is 283 g/mol. The summed E-state index contributed by atoms with van der Waals surface area (Å²) in [4.78, 5) is 13.0. The van der Waals surface area contributed by atoms with E-state index < -0.39 is 0 Å². The monoisotopic (exact) mass is 283 g/mol. The van der Waals surface area contributed by atoms with E-state index >= 15 is 0 Å². The molecule has 0 radical (unpaired) electrons. The fraction of sp³-hybridized carbons (Fsp3) is 0.438. The summed E-state index contributed by atoms with van der Waals surface area (Å²) in [6.45, 7) is 5.22. The Bertz CT molecular complexity index is 617. The SMILES string of the molecule is CC(C)CNc1cc(-c2ccc(C3(N)CC3)nc2)ncn1. The van der Waals surface area contributed by atoms with Crippen LogP contribution in [-0.2, 0) is 5.54 Å². The van der Waals surface area contributed by atoms with E-state index in [4.69, 9.17) is 5.73 Å². The molecule has 0 atom stereocenters. The second-order valence-electron chi connectivity index (χ2n) is 6.15. The Morgan fingerprint density at radius 2 is 2.05 bits per heavy atom. The molecule has 1 fully saturated rings. The van der Waals surface area contributed by atoms with Gasteiger partial charge < -0.3 is 11.1 Å². The average Bonchev–Trinajstić information content (AvgIpc) is 3.25. The smallest absolute Gasteiger partial charge is 0.129 e. The van der Waals surface area contributed by atoms with E-state index in [0.29, 0.717) is 5.92 Å². The van der Waals surface area contributed by atoms with Crippen LogP contribution in [0.15, 0.2) is 30.7 Å². The van der Waals surface area contributed by atoms with Crippen molar-refractivity contribution in [2.24, 2.45) is 11.7 Å². The van der Waals surface area contributed by atoms with E-state index in [-0.39, 0.29) is 5.54 Å². The summed E-state index contributed by atoms with van der Waals surface area (Å²) in [5.41, 5.74) is 8.79. The summed E-state index contributed by atoms with van der Waals surface area (Å²) in [6, 6.07) is 5.99. The molecule has 1 aliphatic carbocycles. The van der Waals surface area contributed by atoms with Crippen molar-refractivity contribution >= 4 is 5.82 Å². The van der Waals surface area contributed by atoms with Crippen LogP contribution in [0.25, 0.3) is 11.3 Å². The normalized spacial score (nSPS) is 16.0. The number of hydrogen-bond acceptors (Lipinski definition) is 5. The summed E-state index contributed by atoms with van der Waals surface area (Å²) in [5.74, 6) is 1.42. The van der Waals surface area contributed by atoms with Gasteiger partial charge in [0.25, 0.3) is 0 Å². The van der Waals surface area contributed by atoms with E-state index in [1.54, 1.807) is 6.33 Å². The number of pyridine rings is 1. The van der Waals surface area contributed by atoms with Crippen molar-refractivity contribution in [3.8, 4) is 11.3 Å². The second kappa shape index (κ2) is 5.41. The molecule has 5 heteroatoms. The fourth-order valence-electron chi connectivity index (χ4n) is 2.15. The number of aromatic nitrogens is 3. The van der Waals surface area contributed by atoms with Crippen LogP contribution in [0.1, 0.15) is 32.4 Å². The zero-order chi connectivity index (χ0) is 14.9. The lowest BCUT2D eigenvalue weighted by Crippen LogP contribution is -2.20. The summed E-state index contributed by atoms with van der Waals surface area (Å²) in [6.07, 6.45) is 5.47. The van der Waals surface area contributed by atoms with Crippen molar-refractivity contribution in [2.45, 2.75) is 32.2 Å². The van der Waals surface area contributed by atoms with Gasteiger partial charge >= 0.3 is 0 Å². The van der Waals surface area contributed by atoms with Crippen LogP contribution in [0.5, 0.6) is 0 Å². The Morgan fingerprint density at radius 1 is 1.24 bits per heavy atom. The predicted molar refractivity (Wildman–Crippen MR) is 83.7 cm³/mol. The van der Waals surface area contributed by atoms with Gasteiger partial charge in [-0.15, -0.1) is 0 Å². The van der Waals surface area contributed by atoms with Crippen molar-refractivity contribution in [1.29, 1.82) is 0 Å². The Labute approximate surface area is 125 Å². The van der Waals surface area contributed by atoms with Crippen LogP contribution in [0.4, 0.5) is 5.82 Å². The van der Waals surface area contributed by atoms with Crippen LogP contribution in [0.2, 0.25) is 0 Å². The lowest BCUT2D eigenvalue weighted by molar-refractivity contribution is 0.687. The number of nitrogens with two attached hydrogens (primary N) is 1. The Kier molecular flexibility index (Phi) is 3.59. The minimum absolute atomic E-state index is 0.186. The second-order valence-corrected chi connectivity index (χ2v) is 6.15. The van der Waals surface area contributed by atoms with Gasteiger partial charge in [0, 0.05) is 24.4 Å².